The third-order valence-corrected chi connectivity index (χ3v) is 4.08. The second kappa shape index (κ2) is 6.01. The highest BCUT2D eigenvalue weighted by atomic mass is 32.2. The van der Waals surface area contributed by atoms with Gasteiger partial charge in [-0.2, -0.15) is 4.98 Å². The van der Waals surface area contributed by atoms with E-state index in [1.54, 1.807) is 11.8 Å². The monoisotopic (exact) mass is 297 g/mol. The van der Waals surface area contributed by atoms with Gasteiger partial charge in [-0.05, 0) is 30.7 Å². The summed E-state index contributed by atoms with van der Waals surface area (Å²) in [6.45, 7) is 2.00. The van der Waals surface area contributed by atoms with Crippen LogP contribution >= 0.6 is 11.8 Å². The van der Waals surface area contributed by atoms with Crippen molar-refractivity contribution < 1.29 is 4.52 Å². The molecule has 0 amide bonds. The largest absolute Gasteiger partial charge is 0.399 e. The number of anilines is 1. The fourth-order valence-corrected chi connectivity index (χ4v) is 2.73. The molecule has 3 aromatic rings. The van der Waals surface area contributed by atoms with Gasteiger partial charge in [-0.3, -0.25) is 0 Å². The lowest BCUT2D eigenvalue weighted by molar-refractivity contribution is 0.391. The quantitative estimate of drug-likeness (QED) is 0.584. The molecule has 1 aromatic heterocycles. The summed E-state index contributed by atoms with van der Waals surface area (Å²) in [5.74, 6) is 1.89. The van der Waals surface area contributed by atoms with Crippen LogP contribution in [0.4, 0.5) is 5.69 Å². The number of rotatable bonds is 4. The minimum atomic E-state index is 0.619. The number of nitrogen functional groups attached to an aromatic ring is 1. The van der Waals surface area contributed by atoms with Crippen LogP contribution in [0.1, 0.15) is 11.5 Å². The lowest BCUT2D eigenvalue weighted by Gasteiger charge is -2.02. The Morgan fingerprint density at radius 3 is 2.71 bits per heavy atom. The van der Waals surface area contributed by atoms with Gasteiger partial charge >= 0.3 is 0 Å². The van der Waals surface area contributed by atoms with Crippen LogP contribution < -0.4 is 5.73 Å². The summed E-state index contributed by atoms with van der Waals surface area (Å²) in [5, 5.41) is 4.01. The molecule has 21 heavy (non-hydrogen) atoms. The molecule has 2 N–H and O–H groups in total. The van der Waals surface area contributed by atoms with Gasteiger partial charge in [0.15, 0.2) is 0 Å². The highest BCUT2D eigenvalue weighted by Gasteiger charge is 2.08. The first-order valence-corrected chi connectivity index (χ1v) is 7.58. The molecule has 2 aromatic carbocycles. The summed E-state index contributed by atoms with van der Waals surface area (Å²) in [6, 6.07) is 15.8. The normalized spacial score (nSPS) is 10.7. The molecule has 3 rings (SSSR count). The Morgan fingerprint density at radius 2 is 1.95 bits per heavy atom. The average Bonchev–Trinajstić information content (AvgIpc) is 2.98. The Morgan fingerprint density at radius 1 is 1.14 bits per heavy atom. The van der Waals surface area contributed by atoms with E-state index < -0.39 is 0 Å². The standard InChI is InChI=1S/C16H15N3OS/c1-11-9-13(7-8-14(11)17)21-10-15-18-16(19-20-15)12-5-3-2-4-6-12/h2-9H,10,17H2,1H3. The number of aryl methyl sites for hydroxylation is 1. The molecule has 1 heterocycles. The minimum absolute atomic E-state index is 0.619. The lowest BCUT2D eigenvalue weighted by Crippen LogP contribution is -1.89. The molecule has 0 saturated carbocycles. The number of hydrogen-bond donors (Lipinski definition) is 1. The lowest BCUT2D eigenvalue weighted by atomic mass is 10.2. The molecule has 106 valence electrons. The zero-order chi connectivity index (χ0) is 14.7. The van der Waals surface area contributed by atoms with E-state index in [0.29, 0.717) is 17.5 Å². The van der Waals surface area contributed by atoms with Crippen LogP contribution in [0.3, 0.4) is 0 Å². The van der Waals surface area contributed by atoms with Crippen molar-refractivity contribution >= 4 is 17.4 Å². The SMILES string of the molecule is Cc1cc(SCc2nc(-c3ccccc3)no2)ccc1N. The predicted molar refractivity (Wildman–Crippen MR) is 84.9 cm³/mol. The van der Waals surface area contributed by atoms with Gasteiger partial charge in [0.25, 0.3) is 0 Å². The smallest absolute Gasteiger partial charge is 0.237 e. The maximum absolute atomic E-state index is 5.81. The number of aromatic nitrogens is 2. The maximum atomic E-state index is 5.81. The topological polar surface area (TPSA) is 64.9 Å². The molecule has 4 nitrogen and oxygen atoms in total. The first-order valence-electron chi connectivity index (χ1n) is 6.59. The van der Waals surface area contributed by atoms with Crippen LogP contribution in [0.25, 0.3) is 11.4 Å². The van der Waals surface area contributed by atoms with E-state index in [1.807, 2.05) is 49.4 Å². The zero-order valence-corrected chi connectivity index (χ0v) is 12.4. The van der Waals surface area contributed by atoms with Crippen LogP contribution in [0.15, 0.2) is 57.9 Å². The van der Waals surface area contributed by atoms with Crippen LogP contribution in [0.2, 0.25) is 0 Å². The molecule has 0 saturated heterocycles. The van der Waals surface area contributed by atoms with E-state index in [-0.39, 0.29) is 0 Å². The molecule has 5 heteroatoms. The third-order valence-electron chi connectivity index (χ3n) is 3.10. The summed E-state index contributed by atoms with van der Waals surface area (Å²) >= 11 is 1.65. The van der Waals surface area contributed by atoms with Crippen molar-refractivity contribution in [2.75, 3.05) is 5.73 Å². The van der Waals surface area contributed by atoms with Crippen molar-refractivity contribution in [2.45, 2.75) is 17.6 Å². The zero-order valence-electron chi connectivity index (χ0n) is 11.6. The fourth-order valence-electron chi connectivity index (χ4n) is 1.90. The summed E-state index contributed by atoms with van der Waals surface area (Å²) in [6.07, 6.45) is 0. The Bertz CT molecular complexity index is 740. The molecule has 0 fully saturated rings. The van der Waals surface area contributed by atoms with Crippen molar-refractivity contribution in [3.05, 3.63) is 60.0 Å². The van der Waals surface area contributed by atoms with Gasteiger partial charge in [0.2, 0.25) is 11.7 Å². The Balaban J connectivity index is 1.69. The van der Waals surface area contributed by atoms with E-state index in [1.165, 1.54) is 0 Å². The van der Waals surface area contributed by atoms with E-state index in [0.717, 1.165) is 21.7 Å². The number of hydrogen-bond acceptors (Lipinski definition) is 5. The molecular weight excluding hydrogens is 282 g/mol. The summed E-state index contributed by atoms with van der Waals surface area (Å²) in [5.41, 5.74) is 8.66. The van der Waals surface area contributed by atoms with Crippen LogP contribution in [0, 0.1) is 6.92 Å². The van der Waals surface area contributed by atoms with Crippen LogP contribution in [0.5, 0.6) is 0 Å². The minimum Gasteiger partial charge on any atom is -0.399 e. The number of thioether (sulfide) groups is 1. The van der Waals surface area contributed by atoms with Crippen molar-refractivity contribution in [3.8, 4) is 11.4 Å². The summed E-state index contributed by atoms with van der Waals surface area (Å²) < 4.78 is 5.29. The second-order valence-corrected chi connectivity index (χ2v) is 5.73. The molecular formula is C16H15N3OS. The Kier molecular flexibility index (Phi) is 3.92. The van der Waals surface area contributed by atoms with Gasteiger partial charge in [-0.15, -0.1) is 11.8 Å². The maximum Gasteiger partial charge on any atom is 0.237 e. The van der Waals surface area contributed by atoms with E-state index in [9.17, 15) is 0 Å². The van der Waals surface area contributed by atoms with Crippen molar-refractivity contribution in [1.29, 1.82) is 0 Å². The van der Waals surface area contributed by atoms with E-state index in [2.05, 4.69) is 16.2 Å². The molecule has 0 unspecified atom stereocenters. The first kappa shape index (κ1) is 13.7. The molecule has 0 aliphatic carbocycles. The van der Waals surface area contributed by atoms with Gasteiger partial charge < -0.3 is 10.3 Å². The van der Waals surface area contributed by atoms with Gasteiger partial charge in [0.1, 0.15) is 0 Å². The van der Waals surface area contributed by atoms with Crippen molar-refractivity contribution in [2.24, 2.45) is 0 Å². The molecule has 0 bridgehead atoms. The fraction of sp³-hybridized carbons (Fsp3) is 0.125. The Hall–Kier alpha value is -2.27. The number of nitrogens with two attached hydrogens (primary N) is 1. The van der Waals surface area contributed by atoms with Gasteiger partial charge in [-0.25, -0.2) is 0 Å². The van der Waals surface area contributed by atoms with Crippen molar-refractivity contribution in [3.63, 3.8) is 0 Å². The summed E-state index contributed by atoms with van der Waals surface area (Å²) in [7, 11) is 0. The molecule has 0 radical (unpaired) electrons. The molecule has 0 aliphatic rings. The average molecular weight is 297 g/mol. The van der Waals surface area contributed by atoms with Gasteiger partial charge in [-0.1, -0.05) is 35.5 Å². The number of benzene rings is 2. The van der Waals surface area contributed by atoms with Crippen LogP contribution in [-0.4, -0.2) is 10.1 Å². The van der Waals surface area contributed by atoms with Gasteiger partial charge in [0, 0.05) is 16.1 Å². The second-order valence-electron chi connectivity index (χ2n) is 4.68. The first-order chi connectivity index (χ1) is 10.2. The summed E-state index contributed by atoms with van der Waals surface area (Å²) in [4.78, 5) is 5.55. The predicted octanol–water partition coefficient (Wildman–Crippen LogP) is 3.92. The molecule has 0 spiro atoms. The van der Waals surface area contributed by atoms with Crippen molar-refractivity contribution in [1.82, 2.24) is 10.1 Å². The van der Waals surface area contributed by atoms with E-state index >= 15 is 0 Å². The number of nitrogens with zero attached hydrogens (tertiary/aromatic N) is 2. The third kappa shape index (κ3) is 3.25. The van der Waals surface area contributed by atoms with Gasteiger partial charge in [0.05, 0.1) is 5.75 Å². The molecule has 0 aliphatic heterocycles. The van der Waals surface area contributed by atoms with E-state index in [4.69, 9.17) is 10.3 Å². The highest BCUT2D eigenvalue weighted by molar-refractivity contribution is 7.98. The Labute approximate surface area is 127 Å². The molecule has 0 atom stereocenters. The van der Waals surface area contributed by atoms with Crippen LogP contribution in [-0.2, 0) is 5.75 Å². The highest BCUT2D eigenvalue weighted by Crippen LogP contribution is 2.26.